The molecule has 0 aliphatic carbocycles. The summed E-state index contributed by atoms with van der Waals surface area (Å²) in [6.07, 6.45) is 4.66. The molecule has 0 unspecified atom stereocenters. The van der Waals surface area contributed by atoms with Crippen molar-refractivity contribution >= 4 is 34.2 Å². The van der Waals surface area contributed by atoms with Gasteiger partial charge in [-0.25, -0.2) is 9.97 Å². The van der Waals surface area contributed by atoms with Crippen LogP contribution in [0, 0.1) is 6.92 Å². The second kappa shape index (κ2) is 7.00. The van der Waals surface area contributed by atoms with Crippen LogP contribution in [0.5, 0.6) is 0 Å². The fourth-order valence-corrected chi connectivity index (χ4v) is 4.11. The molecule has 1 aliphatic heterocycles. The Labute approximate surface area is 150 Å². The van der Waals surface area contributed by atoms with Crippen molar-refractivity contribution in [1.82, 2.24) is 24.5 Å². The number of amides is 1. The third-order valence-electron chi connectivity index (χ3n) is 4.54. The van der Waals surface area contributed by atoms with E-state index in [0.29, 0.717) is 11.6 Å². The molecule has 0 radical (unpaired) electrons. The van der Waals surface area contributed by atoms with E-state index in [9.17, 15) is 4.79 Å². The van der Waals surface area contributed by atoms with Gasteiger partial charge in [0, 0.05) is 18.5 Å². The molecule has 0 N–H and O–H groups in total. The van der Waals surface area contributed by atoms with E-state index in [1.807, 2.05) is 36.1 Å². The third-order valence-corrected chi connectivity index (χ3v) is 5.45. The molecule has 0 bridgehead atoms. The highest BCUT2D eigenvalue weighted by Gasteiger charge is 2.18. The predicted molar refractivity (Wildman–Crippen MR) is 98.8 cm³/mol. The number of carbonyl (C=O) groups excluding carboxylic acids is 1. The van der Waals surface area contributed by atoms with Crippen molar-refractivity contribution < 1.29 is 4.79 Å². The SMILES string of the molecule is Cc1nc2c3ccccc3nc(SCC(=O)N3CCCCCC3)n2n1. The van der Waals surface area contributed by atoms with Crippen LogP contribution >= 0.6 is 11.8 Å². The Morgan fingerprint density at radius 2 is 1.88 bits per heavy atom. The number of para-hydroxylation sites is 1. The van der Waals surface area contributed by atoms with Gasteiger partial charge in [0.05, 0.1) is 11.3 Å². The average Bonchev–Trinajstić information content (AvgIpc) is 2.83. The van der Waals surface area contributed by atoms with E-state index in [0.717, 1.165) is 47.6 Å². The van der Waals surface area contributed by atoms with Crippen LogP contribution in [0.1, 0.15) is 31.5 Å². The zero-order chi connectivity index (χ0) is 17.2. The highest BCUT2D eigenvalue weighted by molar-refractivity contribution is 7.99. The molecule has 3 heterocycles. The largest absolute Gasteiger partial charge is 0.342 e. The first-order chi connectivity index (χ1) is 12.2. The molecule has 1 saturated heterocycles. The maximum atomic E-state index is 12.6. The van der Waals surface area contributed by atoms with E-state index in [1.54, 1.807) is 4.52 Å². The highest BCUT2D eigenvalue weighted by atomic mass is 32.2. The number of aryl methyl sites for hydroxylation is 1. The zero-order valence-electron chi connectivity index (χ0n) is 14.3. The summed E-state index contributed by atoms with van der Waals surface area (Å²) < 4.78 is 1.76. The quantitative estimate of drug-likeness (QED) is 0.534. The first-order valence-corrected chi connectivity index (χ1v) is 9.73. The maximum Gasteiger partial charge on any atom is 0.233 e. The van der Waals surface area contributed by atoms with Crippen LogP contribution in [-0.2, 0) is 4.79 Å². The first-order valence-electron chi connectivity index (χ1n) is 8.75. The molecule has 1 aromatic carbocycles. The summed E-state index contributed by atoms with van der Waals surface area (Å²) in [6.45, 7) is 3.63. The third kappa shape index (κ3) is 3.33. The van der Waals surface area contributed by atoms with Crippen LogP contribution in [0.25, 0.3) is 16.6 Å². The Bertz CT molecular complexity index is 914. The number of carbonyl (C=O) groups is 1. The molecule has 130 valence electrons. The number of fused-ring (bicyclic) bond motifs is 3. The summed E-state index contributed by atoms with van der Waals surface area (Å²) in [6, 6.07) is 7.91. The Kier molecular flexibility index (Phi) is 4.57. The van der Waals surface area contributed by atoms with Crippen molar-refractivity contribution in [1.29, 1.82) is 0 Å². The lowest BCUT2D eigenvalue weighted by Gasteiger charge is -2.19. The van der Waals surface area contributed by atoms with Gasteiger partial charge >= 0.3 is 0 Å². The smallest absolute Gasteiger partial charge is 0.233 e. The van der Waals surface area contributed by atoms with Gasteiger partial charge in [-0.2, -0.15) is 4.52 Å². The zero-order valence-corrected chi connectivity index (χ0v) is 15.1. The molecule has 6 nitrogen and oxygen atoms in total. The molecule has 0 atom stereocenters. The Balaban J connectivity index is 1.60. The number of rotatable bonds is 3. The minimum atomic E-state index is 0.187. The molecule has 2 aromatic heterocycles. The Morgan fingerprint density at radius 1 is 1.12 bits per heavy atom. The molecule has 1 amide bonds. The fourth-order valence-electron chi connectivity index (χ4n) is 3.26. The molecular weight excluding hydrogens is 334 g/mol. The van der Waals surface area contributed by atoms with Gasteiger partial charge in [0.25, 0.3) is 0 Å². The van der Waals surface area contributed by atoms with Gasteiger partial charge in [0.15, 0.2) is 10.8 Å². The standard InChI is InChI=1S/C18H21N5OS/c1-13-19-17-14-8-4-5-9-15(14)20-18(23(17)21-13)25-12-16(24)22-10-6-2-3-7-11-22/h4-5,8-9H,2-3,6-7,10-12H2,1H3. The molecule has 0 spiro atoms. The topological polar surface area (TPSA) is 63.4 Å². The van der Waals surface area contributed by atoms with Crippen LogP contribution in [0.3, 0.4) is 0 Å². The van der Waals surface area contributed by atoms with E-state index in [-0.39, 0.29) is 5.91 Å². The molecular formula is C18H21N5OS. The summed E-state index contributed by atoms with van der Waals surface area (Å²) in [5.74, 6) is 1.28. The lowest BCUT2D eigenvalue weighted by Crippen LogP contribution is -2.33. The molecule has 3 aromatic rings. The summed E-state index contributed by atoms with van der Waals surface area (Å²) >= 11 is 1.44. The van der Waals surface area contributed by atoms with E-state index in [4.69, 9.17) is 4.98 Å². The number of benzene rings is 1. The Morgan fingerprint density at radius 3 is 2.68 bits per heavy atom. The number of aromatic nitrogens is 4. The van der Waals surface area contributed by atoms with Gasteiger partial charge in [-0.3, -0.25) is 4.79 Å². The predicted octanol–water partition coefficient (Wildman–Crippen LogP) is 3.08. The second-order valence-corrected chi connectivity index (χ2v) is 7.33. The molecule has 4 rings (SSSR count). The van der Waals surface area contributed by atoms with Crippen LogP contribution in [0.15, 0.2) is 29.4 Å². The number of thioether (sulfide) groups is 1. The number of nitrogens with zero attached hydrogens (tertiary/aromatic N) is 5. The Hall–Kier alpha value is -2.15. The van der Waals surface area contributed by atoms with Crippen molar-refractivity contribution in [2.75, 3.05) is 18.8 Å². The second-order valence-electron chi connectivity index (χ2n) is 6.39. The van der Waals surface area contributed by atoms with Gasteiger partial charge in [-0.1, -0.05) is 36.7 Å². The van der Waals surface area contributed by atoms with Gasteiger partial charge in [-0.05, 0) is 31.9 Å². The van der Waals surface area contributed by atoms with E-state index >= 15 is 0 Å². The molecule has 1 fully saturated rings. The highest BCUT2D eigenvalue weighted by Crippen LogP contribution is 2.24. The number of hydrogen-bond donors (Lipinski definition) is 0. The van der Waals surface area contributed by atoms with Gasteiger partial charge < -0.3 is 4.90 Å². The molecule has 0 saturated carbocycles. The summed E-state index contributed by atoms with van der Waals surface area (Å²) in [4.78, 5) is 23.8. The lowest BCUT2D eigenvalue weighted by atomic mass is 10.2. The molecule has 7 heteroatoms. The van der Waals surface area contributed by atoms with E-state index < -0.39 is 0 Å². The monoisotopic (exact) mass is 355 g/mol. The van der Waals surface area contributed by atoms with Crippen LogP contribution in [-0.4, -0.2) is 49.2 Å². The minimum absolute atomic E-state index is 0.187. The summed E-state index contributed by atoms with van der Waals surface area (Å²) in [7, 11) is 0. The van der Waals surface area contributed by atoms with Crippen molar-refractivity contribution in [2.45, 2.75) is 37.8 Å². The van der Waals surface area contributed by atoms with Gasteiger partial charge in [-0.15, -0.1) is 5.10 Å². The lowest BCUT2D eigenvalue weighted by molar-refractivity contribution is -0.128. The maximum absolute atomic E-state index is 12.6. The van der Waals surface area contributed by atoms with Gasteiger partial charge in [0.2, 0.25) is 5.91 Å². The molecule has 25 heavy (non-hydrogen) atoms. The van der Waals surface area contributed by atoms with Crippen LogP contribution in [0.4, 0.5) is 0 Å². The van der Waals surface area contributed by atoms with E-state index in [2.05, 4.69) is 10.1 Å². The van der Waals surface area contributed by atoms with Gasteiger partial charge in [0.1, 0.15) is 5.82 Å². The van der Waals surface area contributed by atoms with E-state index in [1.165, 1.54) is 24.6 Å². The molecule has 1 aliphatic rings. The van der Waals surface area contributed by atoms with Crippen molar-refractivity contribution in [3.63, 3.8) is 0 Å². The minimum Gasteiger partial charge on any atom is -0.342 e. The fraction of sp³-hybridized carbons (Fsp3) is 0.444. The normalized spacial score (nSPS) is 15.6. The summed E-state index contributed by atoms with van der Waals surface area (Å²) in [5, 5.41) is 6.16. The number of likely N-dealkylation sites (tertiary alicyclic amines) is 1. The van der Waals surface area contributed by atoms with Crippen LogP contribution in [0.2, 0.25) is 0 Å². The average molecular weight is 355 g/mol. The summed E-state index contributed by atoms with van der Waals surface area (Å²) in [5.41, 5.74) is 1.68. The van der Waals surface area contributed by atoms with Crippen molar-refractivity contribution in [3.05, 3.63) is 30.1 Å². The van der Waals surface area contributed by atoms with Crippen molar-refractivity contribution in [3.8, 4) is 0 Å². The first kappa shape index (κ1) is 16.3. The van der Waals surface area contributed by atoms with Crippen molar-refractivity contribution in [2.24, 2.45) is 0 Å². The number of hydrogen-bond acceptors (Lipinski definition) is 5. The van der Waals surface area contributed by atoms with Crippen LogP contribution < -0.4 is 0 Å².